The Morgan fingerprint density at radius 2 is 2.11 bits per heavy atom. The summed E-state index contributed by atoms with van der Waals surface area (Å²) < 4.78 is 1.88. The second-order valence-corrected chi connectivity index (χ2v) is 5.66. The summed E-state index contributed by atoms with van der Waals surface area (Å²) in [6, 6.07) is 3.94. The molecule has 0 atom stereocenters. The lowest BCUT2D eigenvalue weighted by Gasteiger charge is -2.17. The molecule has 0 aromatic carbocycles. The number of nitrogens with zero attached hydrogens (tertiary/aromatic N) is 2. The smallest absolute Gasteiger partial charge is 0.309 e. The fourth-order valence-electron chi connectivity index (χ4n) is 2.11. The number of aromatic nitrogens is 2. The number of carboxylic acid groups (broad SMARTS) is 1. The third-order valence-electron chi connectivity index (χ3n) is 2.91. The van der Waals surface area contributed by atoms with Gasteiger partial charge in [-0.05, 0) is 24.6 Å². The van der Waals surface area contributed by atoms with Gasteiger partial charge in [0.05, 0.1) is 17.8 Å². The molecule has 96 valence electrons. The zero-order valence-corrected chi connectivity index (χ0v) is 11.2. The zero-order chi connectivity index (χ0) is 13.5. The standard InChI is InChI=1S/C14H18N2O2/c1-9-5-6-16-10(8-12(17)18)13(14(2,3)4)15-11(16)7-9/h5-7H,8H2,1-4H3,(H,17,18). The molecule has 4 heteroatoms. The van der Waals surface area contributed by atoms with Gasteiger partial charge in [0.1, 0.15) is 5.65 Å². The van der Waals surface area contributed by atoms with Gasteiger partial charge in [0.15, 0.2) is 0 Å². The number of imidazole rings is 1. The molecule has 0 aliphatic carbocycles. The number of hydrogen-bond donors (Lipinski definition) is 1. The van der Waals surface area contributed by atoms with Crippen molar-refractivity contribution >= 4 is 11.6 Å². The van der Waals surface area contributed by atoms with Gasteiger partial charge in [-0.15, -0.1) is 0 Å². The number of carbonyl (C=O) groups is 1. The molecule has 0 saturated carbocycles. The van der Waals surface area contributed by atoms with Crippen LogP contribution in [0.25, 0.3) is 5.65 Å². The highest BCUT2D eigenvalue weighted by Crippen LogP contribution is 2.27. The molecule has 4 nitrogen and oxygen atoms in total. The number of carboxylic acids is 1. The Morgan fingerprint density at radius 3 is 2.67 bits per heavy atom. The predicted molar refractivity (Wildman–Crippen MR) is 70.0 cm³/mol. The first-order chi connectivity index (χ1) is 8.29. The fraction of sp³-hybridized carbons (Fsp3) is 0.429. The van der Waals surface area contributed by atoms with Crippen molar-refractivity contribution in [3.05, 3.63) is 35.3 Å². The van der Waals surface area contributed by atoms with E-state index in [1.807, 2.05) is 50.4 Å². The fourth-order valence-corrected chi connectivity index (χ4v) is 2.11. The Bertz CT molecular complexity index is 606. The minimum atomic E-state index is -0.831. The van der Waals surface area contributed by atoms with Gasteiger partial charge in [-0.1, -0.05) is 20.8 Å². The minimum Gasteiger partial charge on any atom is -0.481 e. The van der Waals surface area contributed by atoms with Crippen LogP contribution in [0, 0.1) is 6.92 Å². The Morgan fingerprint density at radius 1 is 1.44 bits per heavy atom. The van der Waals surface area contributed by atoms with Crippen molar-refractivity contribution in [2.45, 2.75) is 39.5 Å². The Balaban J connectivity index is 2.72. The SMILES string of the molecule is Cc1ccn2c(CC(=O)O)c(C(C)(C)C)nc2c1. The second-order valence-electron chi connectivity index (χ2n) is 5.66. The first kappa shape index (κ1) is 12.6. The number of aliphatic carboxylic acids is 1. The van der Waals surface area contributed by atoms with Crippen molar-refractivity contribution in [2.75, 3.05) is 0 Å². The molecule has 2 aromatic rings. The van der Waals surface area contributed by atoms with Crippen LogP contribution < -0.4 is 0 Å². The summed E-state index contributed by atoms with van der Waals surface area (Å²) in [4.78, 5) is 15.6. The van der Waals surface area contributed by atoms with Crippen LogP contribution in [0.3, 0.4) is 0 Å². The van der Waals surface area contributed by atoms with Crippen molar-refractivity contribution in [1.29, 1.82) is 0 Å². The van der Waals surface area contributed by atoms with Gasteiger partial charge in [-0.25, -0.2) is 4.98 Å². The molecule has 0 aliphatic rings. The van der Waals surface area contributed by atoms with Crippen LogP contribution in [0.2, 0.25) is 0 Å². The van der Waals surface area contributed by atoms with Crippen LogP contribution in [-0.2, 0) is 16.6 Å². The third-order valence-corrected chi connectivity index (χ3v) is 2.91. The highest BCUT2D eigenvalue weighted by atomic mass is 16.4. The topological polar surface area (TPSA) is 54.6 Å². The van der Waals surface area contributed by atoms with E-state index in [4.69, 9.17) is 5.11 Å². The lowest BCUT2D eigenvalue weighted by molar-refractivity contribution is -0.136. The molecule has 2 aromatic heterocycles. The summed E-state index contributed by atoms with van der Waals surface area (Å²) in [6.45, 7) is 8.15. The number of pyridine rings is 1. The zero-order valence-electron chi connectivity index (χ0n) is 11.2. The monoisotopic (exact) mass is 246 g/mol. The lowest BCUT2D eigenvalue weighted by Crippen LogP contribution is -2.17. The highest BCUT2D eigenvalue weighted by molar-refractivity contribution is 5.71. The normalized spacial score (nSPS) is 12.0. The lowest BCUT2D eigenvalue weighted by atomic mass is 9.90. The van der Waals surface area contributed by atoms with E-state index in [-0.39, 0.29) is 11.8 Å². The van der Waals surface area contributed by atoms with Crippen molar-refractivity contribution in [2.24, 2.45) is 0 Å². The molecule has 0 amide bonds. The Kier molecular flexibility index (Phi) is 2.89. The van der Waals surface area contributed by atoms with E-state index in [1.165, 1.54) is 0 Å². The summed E-state index contributed by atoms with van der Waals surface area (Å²) in [7, 11) is 0. The van der Waals surface area contributed by atoms with E-state index in [1.54, 1.807) is 0 Å². The van der Waals surface area contributed by atoms with Crippen molar-refractivity contribution in [1.82, 2.24) is 9.38 Å². The molecule has 0 unspecified atom stereocenters. The van der Waals surface area contributed by atoms with E-state index < -0.39 is 5.97 Å². The molecule has 0 aliphatic heterocycles. The van der Waals surface area contributed by atoms with E-state index in [2.05, 4.69) is 4.98 Å². The molecule has 0 radical (unpaired) electrons. The van der Waals surface area contributed by atoms with Crippen LogP contribution in [0.15, 0.2) is 18.3 Å². The summed E-state index contributed by atoms with van der Waals surface area (Å²) in [5.74, 6) is -0.831. The van der Waals surface area contributed by atoms with Gasteiger partial charge >= 0.3 is 5.97 Å². The summed E-state index contributed by atoms with van der Waals surface area (Å²) in [5.41, 5.74) is 3.40. The van der Waals surface area contributed by atoms with Crippen molar-refractivity contribution in [3.8, 4) is 0 Å². The molecule has 0 fully saturated rings. The van der Waals surface area contributed by atoms with Crippen LogP contribution in [-0.4, -0.2) is 20.5 Å². The van der Waals surface area contributed by atoms with Gasteiger partial charge < -0.3 is 9.51 Å². The highest BCUT2D eigenvalue weighted by Gasteiger charge is 2.24. The van der Waals surface area contributed by atoms with Crippen LogP contribution in [0.5, 0.6) is 0 Å². The van der Waals surface area contributed by atoms with Gasteiger partial charge in [-0.2, -0.15) is 0 Å². The summed E-state index contributed by atoms with van der Waals surface area (Å²) in [6.07, 6.45) is 1.89. The van der Waals surface area contributed by atoms with E-state index in [0.29, 0.717) is 0 Å². The molecule has 18 heavy (non-hydrogen) atoms. The molecule has 1 N–H and O–H groups in total. The average Bonchev–Trinajstić information content (AvgIpc) is 2.55. The van der Waals surface area contributed by atoms with E-state index in [9.17, 15) is 4.79 Å². The first-order valence-corrected chi connectivity index (χ1v) is 5.99. The maximum absolute atomic E-state index is 11.0. The number of rotatable bonds is 2. The van der Waals surface area contributed by atoms with Crippen LogP contribution in [0.1, 0.15) is 37.7 Å². The van der Waals surface area contributed by atoms with Gasteiger partial charge in [-0.3, -0.25) is 4.79 Å². The summed E-state index contributed by atoms with van der Waals surface area (Å²) >= 11 is 0. The van der Waals surface area contributed by atoms with Crippen LogP contribution >= 0.6 is 0 Å². The Hall–Kier alpha value is -1.84. The average molecular weight is 246 g/mol. The number of fused-ring (bicyclic) bond motifs is 1. The molecule has 0 spiro atoms. The van der Waals surface area contributed by atoms with Gasteiger partial charge in [0.25, 0.3) is 0 Å². The predicted octanol–water partition coefficient (Wildman–Crippen LogP) is 2.57. The quantitative estimate of drug-likeness (QED) is 0.886. The summed E-state index contributed by atoms with van der Waals surface area (Å²) in [5, 5.41) is 9.05. The van der Waals surface area contributed by atoms with E-state index >= 15 is 0 Å². The van der Waals surface area contributed by atoms with Crippen molar-refractivity contribution in [3.63, 3.8) is 0 Å². The van der Waals surface area contributed by atoms with E-state index in [0.717, 1.165) is 22.6 Å². The third kappa shape index (κ3) is 2.23. The molecular weight excluding hydrogens is 228 g/mol. The Labute approximate surface area is 106 Å². The second kappa shape index (κ2) is 4.12. The minimum absolute atomic E-state index is 0.00314. The molecule has 2 rings (SSSR count). The number of aryl methyl sites for hydroxylation is 1. The molecule has 0 bridgehead atoms. The maximum atomic E-state index is 11.0. The molecular formula is C14H18N2O2. The van der Waals surface area contributed by atoms with Crippen molar-refractivity contribution < 1.29 is 9.90 Å². The van der Waals surface area contributed by atoms with Gasteiger partial charge in [0.2, 0.25) is 0 Å². The number of hydrogen-bond acceptors (Lipinski definition) is 2. The maximum Gasteiger partial charge on any atom is 0.309 e. The molecule has 2 heterocycles. The van der Waals surface area contributed by atoms with Crippen LogP contribution in [0.4, 0.5) is 0 Å². The molecule has 0 saturated heterocycles. The first-order valence-electron chi connectivity index (χ1n) is 5.99. The van der Waals surface area contributed by atoms with Gasteiger partial charge in [0, 0.05) is 11.6 Å². The largest absolute Gasteiger partial charge is 0.481 e.